The Bertz CT molecular complexity index is 815. The zero-order valence-corrected chi connectivity index (χ0v) is 18.1. The molecule has 2 aliphatic heterocycles. The minimum Gasteiger partial charge on any atom is -0.390 e. The van der Waals surface area contributed by atoms with Crippen molar-refractivity contribution in [1.29, 1.82) is 0 Å². The van der Waals surface area contributed by atoms with E-state index in [0.717, 1.165) is 22.9 Å². The standard InChI is InChI=1S/C21H25ClN2OS.ClH/c1-21(2)10-5-11-23(21)13-16(25)14-24-17-6-3-4-7-19(17)26-20-9-8-15(22)12-18(20)24;/h3-4,6-9,12,16,25H,5,10-11,13-14H2,1-2H3;1H. The lowest BCUT2D eigenvalue weighted by molar-refractivity contribution is 0.0826. The van der Waals surface area contributed by atoms with Gasteiger partial charge >= 0.3 is 0 Å². The van der Waals surface area contributed by atoms with E-state index in [4.69, 9.17) is 11.6 Å². The molecule has 2 heterocycles. The second-order valence-corrected chi connectivity index (χ2v) is 9.33. The molecule has 3 nitrogen and oxygen atoms in total. The van der Waals surface area contributed by atoms with E-state index in [2.05, 4.69) is 54.0 Å². The first-order valence-electron chi connectivity index (χ1n) is 9.21. The molecule has 0 spiro atoms. The highest BCUT2D eigenvalue weighted by Crippen LogP contribution is 2.48. The van der Waals surface area contributed by atoms with E-state index in [1.807, 2.05) is 12.1 Å². The number of hydrogen-bond donors (Lipinski definition) is 1. The van der Waals surface area contributed by atoms with Crippen LogP contribution < -0.4 is 4.90 Å². The number of rotatable bonds is 4. The largest absolute Gasteiger partial charge is 0.390 e. The maximum Gasteiger partial charge on any atom is 0.0846 e. The van der Waals surface area contributed by atoms with E-state index >= 15 is 0 Å². The lowest BCUT2D eigenvalue weighted by Gasteiger charge is -2.37. The first kappa shape index (κ1) is 20.8. The lowest BCUT2D eigenvalue weighted by Crippen LogP contribution is -2.45. The average molecular weight is 425 g/mol. The molecule has 0 aromatic heterocycles. The molecular formula is C21H26Cl2N2OS. The summed E-state index contributed by atoms with van der Waals surface area (Å²) in [5.74, 6) is 0. The number of hydrogen-bond acceptors (Lipinski definition) is 4. The molecule has 1 fully saturated rings. The van der Waals surface area contributed by atoms with Gasteiger partial charge in [0.05, 0.1) is 24.0 Å². The van der Waals surface area contributed by atoms with Crippen LogP contribution in [0.3, 0.4) is 0 Å². The number of β-amino-alcohol motifs (C(OH)–C–C–N with tert-alkyl or cyclic N) is 1. The van der Waals surface area contributed by atoms with Gasteiger partial charge in [-0.1, -0.05) is 35.5 Å². The molecule has 2 aliphatic rings. The lowest BCUT2D eigenvalue weighted by atomic mass is 10.0. The number of benzene rings is 2. The predicted molar refractivity (Wildman–Crippen MR) is 117 cm³/mol. The topological polar surface area (TPSA) is 26.7 Å². The molecular weight excluding hydrogens is 399 g/mol. The number of aliphatic hydroxyl groups excluding tert-OH is 1. The minimum absolute atomic E-state index is 0. The summed E-state index contributed by atoms with van der Waals surface area (Å²) in [5.41, 5.74) is 2.41. The summed E-state index contributed by atoms with van der Waals surface area (Å²) >= 11 is 8.04. The van der Waals surface area contributed by atoms with Crippen LogP contribution in [0.25, 0.3) is 0 Å². The van der Waals surface area contributed by atoms with Crippen molar-refractivity contribution in [1.82, 2.24) is 4.90 Å². The Kier molecular flexibility index (Phi) is 6.34. The van der Waals surface area contributed by atoms with Crippen LogP contribution >= 0.6 is 35.8 Å². The molecule has 0 radical (unpaired) electrons. The number of nitrogens with zero attached hydrogens (tertiary/aromatic N) is 2. The highest BCUT2D eigenvalue weighted by Gasteiger charge is 2.34. The Labute approximate surface area is 177 Å². The molecule has 1 saturated heterocycles. The van der Waals surface area contributed by atoms with Gasteiger partial charge in [0.15, 0.2) is 0 Å². The Morgan fingerprint density at radius 2 is 1.85 bits per heavy atom. The normalized spacial score (nSPS) is 19.2. The molecule has 2 aromatic rings. The van der Waals surface area contributed by atoms with Gasteiger partial charge in [0.25, 0.3) is 0 Å². The van der Waals surface area contributed by atoms with Crippen molar-refractivity contribution in [3.8, 4) is 0 Å². The molecule has 0 bridgehead atoms. The van der Waals surface area contributed by atoms with Gasteiger partial charge in [-0.25, -0.2) is 0 Å². The van der Waals surface area contributed by atoms with Crippen LogP contribution in [0.5, 0.6) is 0 Å². The van der Waals surface area contributed by atoms with Crippen LogP contribution in [0, 0.1) is 0 Å². The van der Waals surface area contributed by atoms with E-state index in [1.165, 1.54) is 22.6 Å². The zero-order valence-electron chi connectivity index (χ0n) is 15.7. The molecule has 0 saturated carbocycles. The first-order chi connectivity index (χ1) is 12.4. The molecule has 146 valence electrons. The van der Waals surface area contributed by atoms with Crippen molar-refractivity contribution in [2.75, 3.05) is 24.5 Å². The number of anilines is 2. The Hall–Kier alpha value is -0.910. The van der Waals surface area contributed by atoms with Crippen LogP contribution in [0.15, 0.2) is 52.3 Å². The highest BCUT2D eigenvalue weighted by molar-refractivity contribution is 7.99. The van der Waals surface area contributed by atoms with Gasteiger partial charge in [0.2, 0.25) is 0 Å². The molecule has 2 aromatic carbocycles. The van der Waals surface area contributed by atoms with Crippen molar-refractivity contribution >= 4 is 47.1 Å². The van der Waals surface area contributed by atoms with Crippen molar-refractivity contribution in [3.63, 3.8) is 0 Å². The Balaban J connectivity index is 0.00000210. The number of likely N-dealkylation sites (tertiary alicyclic amines) is 1. The van der Waals surface area contributed by atoms with E-state index < -0.39 is 6.10 Å². The fourth-order valence-corrected chi connectivity index (χ4v) is 5.27. The van der Waals surface area contributed by atoms with E-state index in [0.29, 0.717) is 13.1 Å². The summed E-state index contributed by atoms with van der Waals surface area (Å²) in [6.07, 6.45) is 1.98. The van der Waals surface area contributed by atoms with E-state index in [9.17, 15) is 5.11 Å². The third-order valence-electron chi connectivity index (χ3n) is 5.48. The molecule has 1 N–H and O–H groups in total. The average Bonchev–Trinajstić information content (AvgIpc) is 2.93. The Morgan fingerprint density at radius 3 is 2.59 bits per heavy atom. The molecule has 0 amide bonds. The molecule has 6 heteroatoms. The fraction of sp³-hybridized carbons (Fsp3) is 0.429. The maximum absolute atomic E-state index is 10.9. The maximum atomic E-state index is 10.9. The first-order valence-corrected chi connectivity index (χ1v) is 10.4. The van der Waals surface area contributed by atoms with Crippen LogP contribution in [-0.4, -0.2) is 41.3 Å². The van der Waals surface area contributed by atoms with Crippen molar-refractivity contribution in [3.05, 3.63) is 47.5 Å². The smallest absolute Gasteiger partial charge is 0.0846 e. The van der Waals surface area contributed by atoms with Crippen LogP contribution in [0.4, 0.5) is 11.4 Å². The summed E-state index contributed by atoms with van der Waals surface area (Å²) < 4.78 is 0. The van der Waals surface area contributed by atoms with Crippen LogP contribution in [0.2, 0.25) is 5.02 Å². The fourth-order valence-electron chi connectivity index (χ4n) is 4.02. The third kappa shape index (κ3) is 4.25. The number of para-hydroxylation sites is 1. The third-order valence-corrected chi connectivity index (χ3v) is 6.85. The molecule has 0 aliphatic carbocycles. The van der Waals surface area contributed by atoms with Crippen molar-refractivity contribution < 1.29 is 5.11 Å². The zero-order chi connectivity index (χ0) is 18.3. The van der Waals surface area contributed by atoms with Gasteiger partial charge < -0.3 is 10.0 Å². The van der Waals surface area contributed by atoms with Crippen molar-refractivity contribution in [2.45, 2.75) is 48.1 Å². The van der Waals surface area contributed by atoms with Gasteiger partial charge in [-0.15, -0.1) is 12.4 Å². The van der Waals surface area contributed by atoms with E-state index in [-0.39, 0.29) is 17.9 Å². The number of aliphatic hydroxyl groups is 1. The summed E-state index contributed by atoms with van der Waals surface area (Å²) in [6.45, 7) is 6.88. The quantitative estimate of drug-likeness (QED) is 0.690. The number of halogens is 2. The van der Waals surface area contributed by atoms with Gasteiger partial charge in [0, 0.05) is 26.9 Å². The monoisotopic (exact) mass is 424 g/mol. The van der Waals surface area contributed by atoms with Gasteiger partial charge in [-0.3, -0.25) is 4.90 Å². The van der Waals surface area contributed by atoms with Gasteiger partial charge in [-0.05, 0) is 63.6 Å². The summed E-state index contributed by atoms with van der Waals surface area (Å²) in [4.78, 5) is 7.04. The molecule has 4 rings (SSSR count). The molecule has 27 heavy (non-hydrogen) atoms. The van der Waals surface area contributed by atoms with Crippen molar-refractivity contribution in [2.24, 2.45) is 0 Å². The van der Waals surface area contributed by atoms with Gasteiger partial charge in [-0.2, -0.15) is 0 Å². The predicted octanol–water partition coefficient (Wildman–Crippen LogP) is 5.60. The second-order valence-electron chi connectivity index (χ2n) is 7.81. The Morgan fingerprint density at radius 1 is 1.11 bits per heavy atom. The van der Waals surface area contributed by atoms with Crippen LogP contribution in [-0.2, 0) is 0 Å². The molecule has 1 unspecified atom stereocenters. The SMILES string of the molecule is CC1(C)CCCN1CC(O)CN1c2ccccc2Sc2ccc(Cl)cc21.Cl. The highest BCUT2D eigenvalue weighted by atomic mass is 35.5. The minimum atomic E-state index is -0.421. The van der Waals surface area contributed by atoms with Gasteiger partial charge in [0.1, 0.15) is 0 Å². The summed E-state index contributed by atoms with van der Waals surface area (Å²) in [6, 6.07) is 14.4. The molecule has 1 atom stereocenters. The number of fused-ring (bicyclic) bond motifs is 2. The second kappa shape index (κ2) is 8.22. The summed E-state index contributed by atoms with van der Waals surface area (Å²) in [5, 5.41) is 11.6. The summed E-state index contributed by atoms with van der Waals surface area (Å²) in [7, 11) is 0. The van der Waals surface area contributed by atoms with E-state index in [1.54, 1.807) is 11.8 Å². The van der Waals surface area contributed by atoms with Crippen LogP contribution in [0.1, 0.15) is 26.7 Å².